The van der Waals surface area contributed by atoms with E-state index in [1.807, 2.05) is 18.2 Å². The predicted octanol–water partition coefficient (Wildman–Crippen LogP) is 3.78. The lowest BCUT2D eigenvalue weighted by Crippen LogP contribution is -1.96. The summed E-state index contributed by atoms with van der Waals surface area (Å²) in [6.07, 6.45) is 3.29. The number of aryl methyl sites for hydroxylation is 1. The number of aromatic nitrogens is 3. The molecule has 0 saturated heterocycles. The van der Waals surface area contributed by atoms with E-state index in [1.165, 1.54) is 11.1 Å². The van der Waals surface area contributed by atoms with Gasteiger partial charge < -0.3 is 9.47 Å². The first-order valence-corrected chi connectivity index (χ1v) is 9.03. The average Bonchev–Trinajstić information content (AvgIpc) is 3.13. The molecule has 0 spiro atoms. The Kier molecular flexibility index (Phi) is 5.91. The summed E-state index contributed by atoms with van der Waals surface area (Å²) in [5.41, 5.74) is 3.29. The Hall–Kier alpha value is -2.80. The summed E-state index contributed by atoms with van der Waals surface area (Å²) < 4.78 is 12.3. The van der Waals surface area contributed by atoms with Crippen LogP contribution in [0, 0.1) is 6.92 Å². The molecule has 0 aliphatic carbocycles. The minimum absolute atomic E-state index is 0.719. The smallest absolute Gasteiger partial charge is 0.212 e. The number of ether oxygens (including phenoxy) is 2. The van der Waals surface area contributed by atoms with E-state index < -0.39 is 0 Å². The third-order valence-electron chi connectivity index (χ3n) is 3.75. The Labute approximate surface area is 156 Å². The van der Waals surface area contributed by atoms with Gasteiger partial charge in [-0.2, -0.15) is 9.78 Å². The van der Waals surface area contributed by atoms with Crippen LogP contribution in [0.4, 0.5) is 0 Å². The molecule has 1 aromatic heterocycles. The zero-order chi connectivity index (χ0) is 18.4. The number of hydrogen-bond acceptors (Lipinski definition) is 6. The molecule has 0 N–H and O–H groups in total. The number of rotatable bonds is 7. The molecule has 26 heavy (non-hydrogen) atoms. The Balaban J connectivity index is 1.74. The van der Waals surface area contributed by atoms with E-state index >= 15 is 0 Å². The largest absolute Gasteiger partial charge is 0.497 e. The van der Waals surface area contributed by atoms with Crippen LogP contribution < -0.4 is 9.47 Å². The molecule has 0 aliphatic rings. The van der Waals surface area contributed by atoms with Gasteiger partial charge in [0, 0.05) is 11.3 Å². The lowest BCUT2D eigenvalue weighted by atomic mass is 10.2. The first-order chi connectivity index (χ1) is 12.7. The maximum Gasteiger partial charge on any atom is 0.212 e. The quantitative estimate of drug-likeness (QED) is 0.469. The maximum absolute atomic E-state index is 5.37. The van der Waals surface area contributed by atoms with Crippen molar-refractivity contribution in [1.29, 1.82) is 0 Å². The Morgan fingerprint density at radius 2 is 1.92 bits per heavy atom. The molecule has 1 heterocycles. The topological polar surface area (TPSA) is 61.5 Å². The molecule has 0 bridgehead atoms. The molecule has 2 aromatic carbocycles. The minimum Gasteiger partial charge on any atom is -0.497 e. The fraction of sp³-hybridized carbons (Fsp3) is 0.211. The average molecular weight is 368 g/mol. The van der Waals surface area contributed by atoms with Gasteiger partial charge in [0.15, 0.2) is 0 Å². The third kappa shape index (κ3) is 4.43. The van der Waals surface area contributed by atoms with Crippen molar-refractivity contribution in [1.82, 2.24) is 14.9 Å². The number of nitrogens with zero attached hydrogens (tertiary/aromatic N) is 4. The van der Waals surface area contributed by atoms with Crippen molar-refractivity contribution >= 4 is 18.0 Å². The highest BCUT2D eigenvalue weighted by Crippen LogP contribution is 2.23. The van der Waals surface area contributed by atoms with Gasteiger partial charge in [-0.3, -0.25) is 0 Å². The second-order valence-electron chi connectivity index (χ2n) is 5.58. The van der Waals surface area contributed by atoms with E-state index in [9.17, 15) is 0 Å². The molecule has 3 aromatic rings. The predicted molar refractivity (Wildman–Crippen MR) is 103 cm³/mol. The summed E-state index contributed by atoms with van der Waals surface area (Å²) in [5.74, 6) is 2.26. The standard InChI is InChI=1S/C19H20N4O2S/c1-14-4-6-15(7-5-14)12-26-19-22-20-13-23(19)21-11-16-10-17(24-2)8-9-18(16)25-3/h4-11,13H,12H2,1-3H3/b21-11-. The van der Waals surface area contributed by atoms with Crippen molar-refractivity contribution < 1.29 is 9.47 Å². The van der Waals surface area contributed by atoms with Crippen LogP contribution >= 0.6 is 11.8 Å². The fourth-order valence-electron chi connectivity index (χ4n) is 2.29. The molecule has 0 fully saturated rings. The summed E-state index contributed by atoms with van der Waals surface area (Å²) in [4.78, 5) is 0. The monoisotopic (exact) mass is 368 g/mol. The molecular weight excluding hydrogens is 348 g/mol. The van der Waals surface area contributed by atoms with E-state index in [4.69, 9.17) is 9.47 Å². The molecule has 7 heteroatoms. The molecule has 6 nitrogen and oxygen atoms in total. The van der Waals surface area contributed by atoms with Crippen LogP contribution in [-0.4, -0.2) is 35.3 Å². The molecule has 134 valence electrons. The lowest BCUT2D eigenvalue weighted by molar-refractivity contribution is 0.402. The van der Waals surface area contributed by atoms with Gasteiger partial charge in [0.05, 0.1) is 20.4 Å². The van der Waals surface area contributed by atoms with E-state index in [0.717, 1.165) is 28.0 Å². The minimum atomic E-state index is 0.719. The number of methoxy groups -OCH3 is 2. The van der Waals surface area contributed by atoms with Crippen LogP contribution in [0.1, 0.15) is 16.7 Å². The Bertz CT molecular complexity index is 891. The first kappa shape index (κ1) is 18.0. The van der Waals surface area contributed by atoms with E-state index in [-0.39, 0.29) is 0 Å². The fourth-order valence-corrected chi connectivity index (χ4v) is 3.11. The third-order valence-corrected chi connectivity index (χ3v) is 4.75. The summed E-state index contributed by atoms with van der Waals surface area (Å²) in [5, 5.41) is 13.3. The Morgan fingerprint density at radius 3 is 2.65 bits per heavy atom. The van der Waals surface area contributed by atoms with Gasteiger partial charge >= 0.3 is 0 Å². The summed E-state index contributed by atoms with van der Waals surface area (Å²) in [6.45, 7) is 2.08. The highest BCUT2D eigenvalue weighted by Gasteiger charge is 2.06. The van der Waals surface area contributed by atoms with Gasteiger partial charge in [0.2, 0.25) is 5.16 Å². The molecule has 0 amide bonds. The molecule has 0 radical (unpaired) electrons. The van der Waals surface area contributed by atoms with Crippen LogP contribution in [0.25, 0.3) is 0 Å². The normalized spacial score (nSPS) is 11.0. The molecule has 3 rings (SSSR count). The van der Waals surface area contributed by atoms with Crippen molar-refractivity contribution in [2.75, 3.05) is 14.2 Å². The van der Waals surface area contributed by atoms with Crippen LogP contribution in [0.2, 0.25) is 0 Å². The van der Waals surface area contributed by atoms with Gasteiger partial charge in [-0.05, 0) is 30.7 Å². The lowest BCUT2D eigenvalue weighted by Gasteiger charge is -2.07. The highest BCUT2D eigenvalue weighted by atomic mass is 32.2. The number of hydrogen-bond donors (Lipinski definition) is 0. The highest BCUT2D eigenvalue weighted by molar-refractivity contribution is 7.98. The van der Waals surface area contributed by atoms with Crippen molar-refractivity contribution in [3.05, 3.63) is 65.5 Å². The second-order valence-corrected chi connectivity index (χ2v) is 6.53. The number of benzene rings is 2. The number of thioether (sulfide) groups is 1. The van der Waals surface area contributed by atoms with Crippen LogP contribution in [0.3, 0.4) is 0 Å². The van der Waals surface area contributed by atoms with Gasteiger partial charge in [-0.15, -0.1) is 10.2 Å². The van der Waals surface area contributed by atoms with Crippen LogP contribution in [-0.2, 0) is 5.75 Å². The summed E-state index contributed by atoms with van der Waals surface area (Å²) in [6, 6.07) is 14.0. The van der Waals surface area contributed by atoms with Crippen molar-refractivity contribution in [2.45, 2.75) is 17.8 Å². The molecule has 0 unspecified atom stereocenters. The zero-order valence-corrected chi connectivity index (χ0v) is 15.7. The maximum atomic E-state index is 5.37. The van der Waals surface area contributed by atoms with Gasteiger partial charge in [0.25, 0.3) is 0 Å². The van der Waals surface area contributed by atoms with Crippen molar-refractivity contribution in [2.24, 2.45) is 5.10 Å². The molecule has 0 aliphatic heterocycles. The Morgan fingerprint density at radius 1 is 1.12 bits per heavy atom. The van der Waals surface area contributed by atoms with Crippen molar-refractivity contribution in [3.8, 4) is 11.5 Å². The van der Waals surface area contributed by atoms with E-state index in [0.29, 0.717) is 0 Å². The summed E-state index contributed by atoms with van der Waals surface area (Å²) >= 11 is 1.59. The van der Waals surface area contributed by atoms with Gasteiger partial charge in [0.1, 0.15) is 17.8 Å². The molecule has 0 saturated carbocycles. The van der Waals surface area contributed by atoms with Gasteiger partial charge in [-0.1, -0.05) is 41.6 Å². The van der Waals surface area contributed by atoms with Crippen LogP contribution in [0.5, 0.6) is 11.5 Å². The first-order valence-electron chi connectivity index (χ1n) is 8.04. The van der Waals surface area contributed by atoms with E-state index in [2.05, 4.69) is 46.5 Å². The van der Waals surface area contributed by atoms with Crippen LogP contribution in [0.15, 0.2) is 59.0 Å². The van der Waals surface area contributed by atoms with Crippen molar-refractivity contribution in [3.63, 3.8) is 0 Å². The summed E-state index contributed by atoms with van der Waals surface area (Å²) in [7, 11) is 3.25. The van der Waals surface area contributed by atoms with E-state index in [1.54, 1.807) is 43.2 Å². The van der Waals surface area contributed by atoms with Gasteiger partial charge in [-0.25, -0.2) is 0 Å². The molecular formula is C19H20N4O2S. The second kappa shape index (κ2) is 8.53. The molecule has 0 atom stereocenters. The SMILES string of the molecule is COc1ccc(OC)c(/C=N\n2cnnc2SCc2ccc(C)cc2)c1. The zero-order valence-electron chi connectivity index (χ0n) is 14.9.